The van der Waals surface area contributed by atoms with Crippen LogP contribution in [0.1, 0.15) is 22.5 Å². The zero-order valence-electron chi connectivity index (χ0n) is 15.3. The van der Waals surface area contributed by atoms with Crippen LogP contribution in [-0.4, -0.2) is 29.9 Å². The van der Waals surface area contributed by atoms with Crippen LogP contribution in [0.2, 0.25) is 0 Å². The highest BCUT2D eigenvalue weighted by Gasteiger charge is 2.05. The van der Waals surface area contributed by atoms with Crippen molar-refractivity contribution in [3.63, 3.8) is 0 Å². The lowest BCUT2D eigenvalue weighted by Gasteiger charge is -1.98. The third-order valence-electron chi connectivity index (χ3n) is 4.41. The average molecular weight is 389 g/mol. The molecule has 0 spiro atoms. The van der Waals surface area contributed by atoms with Crippen LogP contribution in [0.25, 0.3) is 35.2 Å². The summed E-state index contributed by atoms with van der Waals surface area (Å²) < 4.78 is 23.0. The summed E-state index contributed by atoms with van der Waals surface area (Å²) in [5.41, 5.74) is 4.82. The van der Waals surface area contributed by atoms with Gasteiger partial charge < -0.3 is 4.98 Å². The predicted octanol–water partition coefficient (Wildman–Crippen LogP) is 4.64. The van der Waals surface area contributed by atoms with Crippen molar-refractivity contribution in [2.24, 2.45) is 0 Å². The Labute approximate surface area is 163 Å². The summed E-state index contributed by atoms with van der Waals surface area (Å²) >= 11 is 0. The van der Waals surface area contributed by atoms with Crippen molar-refractivity contribution in [1.29, 1.82) is 0 Å². The molecule has 0 saturated heterocycles. The molecule has 0 unspecified atom stereocenters. The average Bonchev–Trinajstić information content (AvgIpc) is 3.33. The van der Waals surface area contributed by atoms with Gasteiger partial charge in [0.15, 0.2) is 9.84 Å². The van der Waals surface area contributed by atoms with Gasteiger partial charge in [-0.25, -0.2) is 8.42 Å². The van der Waals surface area contributed by atoms with E-state index in [1.807, 2.05) is 42.6 Å². The Morgan fingerprint density at radius 3 is 2.39 bits per heavy atom. The minimum atomic E-state index is -3.17. The Kier molecular flexibility index (Phi) is 4.71. The first-order chi connectivity index (χ1) is 13.5. The molecule has 0 fully saturated rings. The lowest BCUT2D eigenvalue weighted by Crippen LogP contribution is -1.95. The molecule has 4 aromatic rings. The third-order valence-corrected chi connectivity index (χ3v) is 5.54. The maximum absolute atomic E-state index is 11.5. The van der Waals surface area contributed by atoms with Crippen LogP contribution in [0.15, 0.2) is 65.7 Å². The molecule has 2 N–H and O–H groups in total. The van der Waals surface area contributed by atoms with E-state index >= 15 is 0 Å². The maximum Gasteiger partial charge on any atom is 0.175 e. The van der Waals surface area contributed by atoms with Gasteiger partial charge in [-0.2, -0.15) is 5.10 Å². The van der Waals surface area contributed by atoms with Gasteiger partial charge in [0.1, 0.15) is 0 Å². The Morgan fingerprint density at radius 2 is 1.61 bits per heavy atom. The fourth-order valence-electron chi connectivity index (χ4n) is 2.89. The van der Waals surface area contributed by atoms with Crippen molar-refractivity contribution in [2.75, 3.05) is 6.26 Å². The molecular weight excluding hydrogens is 370 g/mol. The minimum Gasteiger partial charge on any atom is -0.361 e. The molecule has 28 heavy (non-hydrogen) atoms. The molecule has 140 valence electrons. The molecule has 0 atom stereocenters. The fourth-order valence-corrected chi connectivity index (χ4v) is 3.52. The number of nitrogens with zero attached hydrogens (tertiary/aromatic N) is 1. The zero-order chi connectivity index (χ0) is 19.6. The van der Waals surface area contributed by atoms with Crippen LogP contribution in [0, 0.1) is 0 Å². The second-order valence-corrected chi connectivity index (χ2v) is 8.60. The Hall–Kier alpha value is -3.38. The lowest BCUT2D eigenvalue weighted by atomic mass is 10.1. The van der Waals surface area contributed by atoms with Crippen LogP contribution in [0.4, 0.5) is 0 Å². The van der Waals surface area contributed by atoms with E-state index in [0.29, 0.717) is 4.90 Å². The molecule has 0 saturated carbocycles. The van der Waals surface area contributed by atoms with Gasteiger partial charge in [0, 0.05) is 18.0 Å². The number of nitrogens with one attached hydrogen (secondary N) is 2. The molecule has 0 radical (unpaired) electrons. The first kappa shape index (κ1) is 18.0. The maximum atomic E-state index is 11.5. The summed E-state index contributed by atoms with van der Waals surface area (Å²) in [6.07, 6.45) is 10.9. The Bertz CT molecular complexity index is 1280. The van der Waals surface area contributed by atoms with Crippen LogP contribution in [0.3, 0.4) is 0 Å². The van der Waals surface area contributed by atoms with Crippen LogP contribution in [-0.2, 0) is 9.84 Å². The van der Waals surface area contributed by atoms with Gasteiger partial charge in [0.2, 0.25) is 0 Å². The second kappa shape index (κ2) is 7.32. The van der Waals surface area contributed by atoms with Crippen LogP contribution >= 0.6 is 0 Å². The van der Waals surface area contributed by atoms with Gasteiger partial charge >= 0.3 is 0 Å². The summed E-state index contributed by atoms with van der Waals surface area (Å²) in [6, 6.07) is 17.0. The molecule has 0 aliphatic carbocycles. The summed E-state index contributed by atoms with van der Waals surface area (Å²) in [4.78, 5) is 3.52. The summed E-state index contributed by atoms with van der Waals surface area (Å²) in [5.74, 6) is 0. The largest absolute Gasteiger partial charge is 0.361 e. The summed E-state index contributed by atoms with van der Waals surface area (Å²) in [7, 11) is -3.17. The van der Waals surface area contributed by atoms with Crippen molar-refractivity contribution < 1.29 is 8.42 Å². The molecule has 0 bridgehead atoms. The van der Waals surface area contributed by atoms with Crippen molar-refractivity contribution in [3.05, 3.63) is 83.3 Å². The number of aromatic nitrogens is 3. The lowest BCUT2D eigenvalue weighted by molar-refractivity contribution is 0.602. The van der Waals surface area contributed by atoms with Crippen molar-refractivity contribution in [3.8, 4) is 0 Å². The van der Waals surface area contributed by atoms with Gasteiger partial charge in [-0.1, -0.05) is 36.4 Å². The first-order valence-electron chi connectivity index (χ1n) is 8.76. The number of hydrogen-bond donors (Lipinski definition) is 2. The highest BCUT2D eigenvalue weighted by atomic mass is 32.2. The van der Waals surface area contributed by atoms with Crippen LogP contribution < -0.4 is 0 Å². The molecular formula is C22H19N3O2S. The fraction of sp³-hybridized carbons (Fsp3) is 0.0455. The van der Waals surface area contributed by atoms with Gasteiger partial charge in [-0.05, 0) is 59.0 Å². The van der Waals surface area contributed by atoms with Crippen molar-refractivity contribution in [1.82, 2.24) is 15.2 Å². The van der Waals surface area contributed by atoms with Gasteiger partial charge in [-0.15, -0.1) is 0 Å². The van der Waals surface area contributed by atoms with E-state index in [9.17, 15) is 8.42 Å². The number of aromatic amines is 2. The number of sulfone groups is 1. The van der Waals surface area contributed by atoms with Crippen molar-refractivity contribution in [2.45, 2.75) is 4.90 Å². The SMILES string of the molecule is CS(=O)(=O)c1ccc(C=Cc2cc(C=Cc3ccc4cc[nH]c4c3)n[nH]2)cc1. The molecule has 0 aliphatic rings. The molecule has 2 heterocycles. The summed E-state index contributed by atoms with van der Waals surface area (Å²) in [5, 5.41) is 8.46. The molecule has 2 aromatic carbocycles. The zero-order valence-corrected chi connectivity index (χ0v) is 16.1. The highest BCUT2D eigenvalue weighted by molar-refractivity contribution is 7.90. The number of hydrogen-bond acceptors (Lipinski definition) is 3. The number of rotatable bonds is 5. The van der Waals surface area contributed by atoms with Gasteiger partial charge in [0.25, 0.3) is 0 Å². The van der Waals surface area contributed by atoms with E-state index in [0.717, 1.165) is 28.0 Å². The predicted molar refractivity (Wildman–Crippen MR) is 114 cm³/mol. The topological polar surface area (TPSA) is 78.6 Å². The molecule has 0 amide bonds. The van der Waals surface area contributed by atoms with E-state index in [2.05, 4.69) is 33.4 Å². The smallest absolute Gasteiger partial charge is 0.175 e. The van der Waals surface area contributed by atoms with Gasteiger partial charge in [-0.3, -0.25) is 5.10 Å². The minimum absolute atomic E-state index is 0.316. The Morgan fingerprint density at radius 1 is 0.857 bits per heavy atom. The number of benzene rings is 2. The third kappa shape index (κ3) is 4.13. The molecule has 5 nitrogen and oxygen atoms in total. The first-order valence-corrected chi connectivity index (χ1v) is 10.7. The number of fused-ring (bicyclic) bond motifs is 1. The van der Waals surface area contributed by atoms with Gasteiger partial charge in [0.05, 0.1) is 16.3 Å². The van der Waals surface area contributed by atoms with Crippen LogP contribution in [0.5, 0.6) is 0 Å². The van der Waals surface area contributed by atoms with Crippen molar-refractivity contribution >= 4 is 45.0 Å². The van der Waals surface area contributed by atoms with E-state index in [1.165, 1.54) is 11.6 Å². The summed E-state index contributed by atoms with van der Waals surface area (Å²) in [6.45, 7) is 0. The standard InChI is InChI=1S/C22H19N3O2S/c1-28(26,27)21-10-5-16(6-11-21)3-8-19-15-20(25-24-19)9-4-17-2-7-18-12-13-23-22(18)14-17/h2-15,23H,1H3,(H,24,25). The molecule has 2 aromatic heterocycles. The molecule has 4 rings (SSSR count). The monoisotopic (exact) mass is 389 g/mol. The van der Waals surface area contributed by atoms with E-state index in [4.69, 9.17) is 0 Å². The molecule has 0 aliphatic heterocycles. The normalized spacial score (nSPS) is 12.5. The van der Waals surface area contributed by atoms with E-state index in [-0.39, 0.29) is 0 Å². The van der Waals surface area contributed by atoms with E-state index in [1.54, 1.807) is 24.3 Å². The second-order valence-electron chi connectivity index (χ2n) is 6.58. The Balaban J connectivity index is 1.45. The van der Waals surface area contributed by atoms with E-state index < -0.39 is 9.84 Å². The quantitative estimate of drug-likeness (QED) is 0.522. The highest BCUT2D eigenvalue weighted by Crippen LogP contribution is 2.17. The number of H-pyrrole nitrogens is 2. The molecule has 6 heteroatoms.